The van der Waals surface area contributed by atoms with Gasteiger partial charge in [0.05, 0.1) is 11.3 Å². The van der Waals surface area contributed by atoms with Crippen molar-refractivity contribution in [2.24, 2.45) is 11.3 Å². The molecule has 170 valence electrons. The second kappa shape index (κ2) is 9.52. The van der Waals surface area contributed by atoms with Gasteiger partial charge in [0.15, 0.2) is 5.16 Å². The summed E-state index contributed by atoms with van der Waals surface area (Å²) in [5, 5.41) is 14.2. The number of aryl methyl sites for hydroxylation is 2. The molecule has 0 saturated carbocycles. The third kappa shape index (κ3) is 4.72. The number of anilines is 1. The summed E-state index contributed by atoms with van der Waals surface area (Å²) in [4.78, 5) is 23.3. The van der Waals surface area contributed by atoms with Crippen molar-refractivity contribution >= 4 is 34.0 Å². The van der Waals surface area contributed by atoms with Crippen molar-refractivity contribution in [3.05, 3.63) is 33.0 Å². The number of nitrogens with one attached hydrogen (secondary N) is 1. The molecular weight excluding hydrogens is 436 g/mol. The third-order valence-electron chi connectivity index (χ3n) is 7.35. The summed E-state index contributed by atoms with van der Waals surface area (Å²) in [7, 11) is 0. The fourth-order valence-electron chi connectivity index (χ4n) is 4.86. The van der Waals surface area contributed by atoms with Crippen LogP contribution in [0.2, 0.25) is 0 Å². The Morgan fingerprint density at radius 2 is 2.03 bits per heavy atom. The molecule has 32 heavy (non-hydrogen) atoms. The van der Waals surface area contributed by atoms with Crippen LogP contribution in [0.15, 0.2) is 5.16 Å². The number of rotatable bonds is 6. The van der Waals surface area contributed by atoms with Gasteiger partial charge in [0.2, 0.25) is 5.91 Å². The first-order chi connectivity index (χ1) is 15.3. The van der Waals surface area contributed by atoms with Crippen molar-refractivity contribution in [3.8, 4) is 6.07 Å². The molecule has 7 heteroatoms. The highest BCUT2D eigenvalue weighted by Crippen LogP contribution is 2.45. The van der Waals surface area contributed by atoms with Crippen LogP contribution in [0.3, 0.4) is 0 Å². The van der Waals surface area contributed by atoms with Crippen LogP contribution >= 0.6 is 23.1 Å². The Labute approximate surface area is 199 Å². The molecule has 0 radical (unpaired) electrons. The second-order valence-electron chi connectivity index (χ2n) is 9.66. The monoisotopic (exact) mass is 468 g/mol. The third-order valence-corrected chi connectivity index (χ3v) is 9.37. The van der Waals surface area contributed by atoms with Gasteiger partial charge in [-0.1, -0.05) is 39.0 Å². The van der Waals surface area contributed by atoms with Crippen LogP contribution < -0.4 is 5.32 Å². The molecule has 2 aliphatic carbocycles. The zero-order chi connectivity index (χ0) is 22.9. The molecule has 2 aromatic rings. The number of amides is 1. The molecule has 0 bridgehead atoms. The molecular formula is C25H32N4OS2. The summed E-state index contributed by atoms with van der Waals surface area (Å²) in [6, 6.07) is 2.36. The summed E-state index contributed by atoms with van der Waals surface area (Å²) < 4.78 is 0. The highest BCUT2D eigenvalue weighted by Gasteiger charge is 2.34. The number of nitrogens with zero attached hydrogens (tertiary/aromatic N) is 3. The molecule has 2 aromatic heterocycles. The fraction of sp³-hybridized carbons (Fsp3) is 0.600. The minimum atomic E-state index is -0.102. The maximum Gasteiger partial charge on any atom is 0.235 e. The van der Waals surface area contributed by atoms with Gasteiger partial charge in [-0.25, -0.2) is 9.97 Å². The number of hydrogen-bond acceptors (Lipinski definition) is 6. The molecule has 1 N–H and O–H groups in total. The predicted octanol–water partition coefficient (Wildman–Crippen LogP) is 5.87. The number of thiophene rings is 1. The lowest BCUT2D eigenvalue weighted by atomic mass is 9.69. The number of hydrogen-bond donors (Lipinski definition) is 1. The first kappa shape index (κ1) is 23.3. The Hall–Kier alpha value is -1.91. The molecule has 5 nitrogen and oxygen atoms in total. The van der Waals surface area contributed by atoms with E-state index in [0.29, 0.717) is 27.1 Å². The molecule has 2 heterocycles. The number of aromatic nitrogens is 2. The molecule has 1 atom stereocenters. The average molecular weight is 469 g/mol. The van der Waals surface area contributed by atoms with Crippen LogP contribution in [-0.2, 0) is 30.5 Å². The lowest BCUT2D eigenvalue weighted by Crippen LogP contribution is -2.28. The minimum Gasteiger partial charge on any atom is -0.316 e. The van der Waals surface area contributed by atoms with Gasteiger partial charge in [-0.05, 0) is 74.3 Å². The largest absolute Gasteiger partial charge is 0.316 e. The van der Waals surface area contributed by atoms with Gasteiger partial charge in [0.1, 0.15) is 11.1 Å². The summed E-state index contributed by atoms with van der Waals surface area (Å²) in [5.41, 5.74) is 5.59. The van der Waals surface area contributed by atoms with E-state index in [1.165, 1.54) is 35.0 Å². The van der Waals surface area contributed by atoms with Crippen molar-refractivity contribution in [2.75, 3.05) is 11.1 Å². The van der Waals surface area contributed by atoms with Crippen LogP contribution in [-0.4, -0.2) is 21.6 Å². The van der Waals surface area contributed by atoms with Crippen LogP contribution in [0.4, 0.5) is 5.00 Å². The van der Waals surface area contributed by atoms with E-state index in [0.717, 1.165) is 55.5 Å². The van der Waals surface area contributed by atoms with Crippen LogP contribution in [0, 0.1) is 29.6 Å². The van der Waals surface area contributed by atoms with E-state index in [2.05, 4.69) is 37.1 Å². The molecule has 0 spiro atoms. The van der Waals surface area contributed by atoms with Gasteiger partial charge >= 0.3 is 0 Å². The van der Waals surface area contributed by atoms with E-state index >= 15 is 0 Å². The first-order valence-electron chi connectivity index (χ1n) is 11.7. The Bertz CT molecular complexity index is 1070. The maximum absolute atomic E-state index is 12.7. The minimum absolute atomic E-state index is 0.102. The summed E-state index contributed by atoms with van der Waals surface area (Å²) in [6.45, 7) is 8.97. The zero-order valence-corrected chi connectivity index (χ0v) is 21.1. The summed E-state index contributed by atoms with van der Waals surface area (Å²) in [5.74, 6) is 0.764. The Morgan fingerprint density at radius 3 is 2.78 bits per heavy atom. The van der Waals surface area contributed by atoms with Crippen LogP contribution in [0.1, 0.15) is 79.4 Å². The van der Waals surface area contributed by atoms with Gasteiger partial charge in [-0.2, -0.15) is 5.26 Å². The molecule has 1 amide bonds. The topological polar surface area (TPSA) is 78.7 Å². The molecule has 2 aliphatic rings. The fourth-order valence-corrected chi connectivity index (χ4v) is 6.86. The Morgan fingerprint density at radius 1 is 1.25 bits per heavy atom. The molecule has 0 fully saturated rings. The normalized spacial score (nSPS) is 17.9. The summed E-state index contributed by atoms with van der Waals surface area (Å²) >= 11 is 2.97. The van der Waals surface area contributed by atoms with Crippen molar-refractivity contribution < 1.29 is 4.79 Å². The quantitative estimate of drug-likeness (QED) is 0.424. The number of carbonyl (C=O) groups excluding carboxylic acids is 1. The van der Waals surface area contributed by atoms with Crippen molar-refractivity contribution in [1.82, 2.24) is 9.97 Å². The molecule has 0 saturated heterocycles. The van der Waals surface area contributed by atoms with Gasteiger partial charge < -0.3 is 5.32 Å². The van der Waals surface area contributed by atoms with E-state index in [9.17, 15) is 10.1 Å². The zero-order valence-electron chi connectivity index (χ0n) is 19.5. The van der Waals surface area contributed by atoms with Gasteiger partial charge in [-0.3, -0.25) is 4.79 Å². The second-order valence-corrected chi connectivity index (χ2v) is 11.7. The summed E-state index contributed by atoms with van der Waals surface area (Å²) in [6.07, 6.45) is 8.62. The van der Waals surface area contributed by atoms with Gasteiger partial charge in [-0.15, -0.1) is 11.3 Å². The SMILES string of the molecule is CCC(C)(C)[C@@H]1CCc2c(sc(NC(=O)CSc3nc(C)c4c(n3)CCCC4)c2C#N)C1. The van der Waals surface area contributed by atoms with E-state index in [-0.39, 0.29) is 11.7 Å². The molecule has 4 rings (SSSR count). The number of nitriles is 1. The molecule has 0 unspecified atom stereocenters. The van der Waals surface area contributed by atoms with Crippen molar-refractivity contribution in [3.63, 3.8) is 0 Å². The lowest BCUT2D eigenvalue weighted by Gasteiger charge is -2.36. The van der Waals surface area contributed by atoms with Gasteiger partial charge in [0, 0.05) is 16.3 Å². The van der Waals surface area contributed by atoms with E-state index in [4.69, 9.17) is 4.98 Å². The Balaban J connectivity index is 1.43. The van der Waals surface area contributed by atoms with E-state index < -0.39 is 0 Å². The van der Waals surface area contributed by atoms with Crippen molar-refractivity contribution in [2.45, 2.75) is 84.2 Å². The van der Waals surface area contributed by atoms with Crippen LogP contribution in [0.25, 0.3) is 0 Å². The van der Waals surface area contributed by atoms with Crippen LogP contribution in [0.5, 0.6) is 0 Å². The van der Waals surface area contributed by atoms with E-state index in [1.54, 1.807) is 11.3 Å². The maximum atomic E-state index is 12.7. The predicted molar refractivity (Wildman–Crippen MR) is 131 cm³/mol. The Kier molecular flexibility index (Phi) is 6.92. The molecule has 0 aromatic carbocycles. The van der Waals surface area contributed by atoms with E-state index in [1.807, 2.05) is 6.92 Å². The lowest BCUT2D eigenvalue weighted by molar-refractivity contribution is -0.113. The highest BCUT2D eigenvalue weighted by molar-refractivity contribution is 7.99. The number of carbonyl (C=O) groups is 1. The van der Waals surface area contributed by atoms with Crippen molar-refractivity contribution in [1.29, 1.82) is 5.26 Å². The smallest absolute Gasteiger partial charge is 0.235 e. The number of thioether (sulfide) groups is 1. The number of fused-ring (bicyclic) bond motifs is 2. The molecule has 0 aliphatic heterocycles. The standard InChI is InChI=1S/C25H32N4OS2/c1-5-25(3,4)16-10-11-18-19(13-26)23(32-21(18)12-16)29-22(30)14-31-24-27-15(2)17-8-6-7-9-20(17)28-24/h16H,5-12,14H2,1-4H3,(H,29,30)/t16-/m1/s1. The average Bonchev–Trinajstić information content (AvgIpc) is 3.13. The first-order valence-corrected chi connectivity index (χ1v) is 13.5. The van der Waals surface area contributed by atoms with Gasteiger partial charge in [0.25, 0.3) is 0 Å². The highest BCUT2D eigenvalue weighted by atomic mass is 32.2.